The van der Waals surface area contributed by atoms with E-state index in [-0.39, 0.29) is 12.3 Å². The number of imide groups is 1. The second-order valence-electron chi connectivity index (χ2n) is 5.61. The molecule has 6 heteroatoms. The van der Waals surface area contributed by atoms with Crippen LogP contribution >= 0.6 is 0 Å². The quantitative estimate of drug-likeness (QED) is 0.670. The van der Waals surface area contributed by atoms with Gasteiger partial charge in [-0.25, -0.2) is 4.39 Å². The van der Waals surface area contributed by atoms with Gasteiger partial charge in [0, 0.05) is 5.56 Å². The van der Waals surface area contributed by atoms with Crippen molar-refractivity contribution in [2.45, 2.75) is 32.4 Å². The van der Waals surface area contributed by atoms with E-state index in [1.807, 2.05) is 0 Å². The van der Waals surface area contributed by atoms with Crippen molar-refractivity contribution in [3.63, 3.8) is 0 Å². The molecule has 112 valence electrons. The van der Waals surface area contributed by atoms with Gasteiger partial charge in [0.15, 0.2) is 5.78 Å². The summed E-state index contributed by atoms with van der Waals surface area (Å²) in [5, 5.41) is 2.26. The average molecular weight is 292 g/mol. The zero-order chi connectivity index (χ0) is 15.8. The van der Waals surface area contributed by atoms with Gasteiger partial charge in [-0.1, -0.05) is 0 Å². The van der Waals surface area contributed by atoms with Crippen LogP contribution in [0.4, 0.5) is 4.39 Å². The number of hydrogen-bond acceptors (Lipinski definition) is 4. The predicted octanol–water partition coefficient (Wildman–Crippen LogP) is 1.13. The first-order valence-electron chi connectivity index (χ1n) is 6.64. The van der Waals surface area contributed by atoms with E-state index in [4.69, 9.17) is 0 Å². The van der Waals surface area contributed by atoms with Gasteiger partial charge >= 0.3 is 0 Å². The van der Waals surface area contributed by atoms with Crippen molar-refractivity contribution in [1.82, 2.24) is 10.2 Å². The number of hydrogen-bond donors (Lipinski definition) is 1. The van der Waals surface area contributed by atoms with Gasteiger partial charge in [-0.05, 0) is 45.0 Å². The number of amides is 2. The first kappa shape index (κ1) is 15.3. The molecule has 0 spiro atoms. The van der Waals surface area contributed by atoms with Crippen molar-refractivity contribution >= 4 is 17.6 Å². The molecule has 0 aromatic heterocycles. The minimum atomic E-state index is -0.969. The Labute approximate surface area is 122 Å². The molecule has 0 bridgehead atoms. The van der Waals surface area contributed by atoms with E-state index in [1.54, 1.807) is 25.7 Å². The largest absolute Gasteiger partial charge is 0.294 e. The Morgan fingerprint density at radius 3 is 2.43 bits per heavy atom. The number of ketones is 1. The minimum Gasteiger partial charge on any atom is -0.294 e. The Bertz CT molecular complexity index is 595. The second-order valence-corrected chi connectivity index (χ2v) is 5.61. The maximum Gasteiger partial charge on any atom is 0.246 e. The normalized spacial score (nSPS) is 20.0. The molecule has 1 heterocycles. The van der Waals surface area contributed by atoms with Gasteiger partial charge in [0.25, 0.3) is 0 Å². The van der Waals surface area contributed by atoms with Crippen LogP contribution in [-0.4, -0.2) is 40.6 Å². The Kier molecular flexibility index (Phi) is 3.91. The summed E-state index contributed by atoms with van der Waals surface area (Å²) >= 11 is 0. The number of piperazine rings is 1. The molecule has 0 saturated carbocycles. The van der Waals surface area contributed by atoms with Crippen molar-refractivity contribution < 1.29 is 18.8 Å². The molecule has 1 unspecified atom stereocenters. The minimum absolute atomic E-state index is 0.0349. The lowest BCUT2D eigenvalue weighted by molar-refractivity contribution is -0.146. The third kappa shape index (κ3) is 2.85. The van der Waals surface area contributed by atoms with E-state index in [0.29, 0.717) is 5.56 Å². The summed E-state index contributed by atoms with van der Waals surface area (Å²) < 4.78 is 12.9. The molecular formula is C15H17FN2O3. The molecule has 2 rings (SSSR count). The van der Waals surface area contributed by atoms with Crippen LogP contribution < -0.4 is 5.32 Å². The van der Waals surface area contributed by atoms with Crippen LogP contribution in [0.5, 0.6) is 0 Å². The SMILES string of the molecule is CC(C(=O)c1ccc(F)cc1)N1CC(=O)NC(=O)C1(C)C. The first-order valence-corrected chi connectivity index (χ1v) is 6.64. The van der Waals surface area contributed by atoms with Gasteiger partial charge in [0.1, 0.15) is 5.82 Å². The molecule has 0 aliphatic carbocycles. The molecule has 5 nitrogen and oxygen atoms in total. The van der Waals surface area contributed by atoms with E-state index >= 15 is 0 Å². The van der Waals surface area contributed by atoms with Crippen molar-refractivity contribution in [2.24, 2.45) is 0 Å². The molecule has 1 aromatic carbocycles. The van der Waals surface area contributed by atoms with E-state index < -0.39 is 29.2 Å². The number of Topliss-reactive ketones (excluding diaryl/α,β-unsaturated/α-hetero) is 1. The standard InChI is InChI=1S/C15H17FN2O3/c1-9(13(20)10-4-6-11(16)7-5-10)18-8-12(19)17-14(21)15(18,2)3/h4-7,9H,8H2,1-3H3,(H,17,19,21). The van der Waals surface area contributed by atoms with E-state index in [2.05, 4.69) is 5.32 Å². The van der Waals surface area contributed by atoms with E-state index in [9.17, 15) is 18.8 Å². The fourth-order valence-electron chi connectivity index (χ4n) is 2.42. The molecular weight excluding hydrogens is 275 g/mol. The van der Waals surface area contributed by atoms with Crippen LogP contribution in [0.3, 0.4) is 0 Å². The number of rotatable bonds is 3. The molecule has 1 saturated heterocycles. The fraction of sp³-hybridized carbons (Fsp3) is 0.400. The Morgan fingerprint density at radius 2 is 1.86 bits per heavy atom. The molecule has 1 fully saturated rings. The summed E-state index contributed by atoms with van der Waals surface area (Å²) in [6.45, 7) is 4.92. The summed E-state index contributed by atoms with van der Waals surface area (Å²) in [4.78, 5) is 37.5. The lowest BCUT2D eigenvalue weighted by Crippen LogP contribution is -2.67. The van der Waals surface area contributed by atoms with Gasteiger partial charge in [-0.15, -0.1) is 0 Å². The van der Waals surface area contributed by atoms with Crippen molar-refractivity contribution in [3.05, 3.63) is 35.6 Å². The Balaban J connectivity index is 2.27. The number of halogens is 1. The zero-order valence-corrected chi connectivity index (χ0v) is 12.1. The highest BCUT2D eigenvalue weighted by Gasteiger charge is 2.44. The van der Waals surface area contributed by atoms with Gasteiger partial charge in [0.05, 0.1) is 18.1 Å². The van der Waals surface area contributed by atoms with Crippen LogP contribution in [0, 0.1) is 5.82 Å². The first-order chi connectivity index (χ1) is 9.73. The number of nitrogens with zero attached hydrogens (tertiary/aromatic N) is 1. The van der Waals surface area contributed by atoms with Crippen LogP contribution in [0.2, 0.25) is 0 Å². The zero-order valence-electron chi connectivity index (χ0n) is 12.1. The summed E-state index contributed by atoms with van der Waals surface area (Å²) in [5.41, 5.74) is -0.624. The maximum absolute atomic E-state index is 12.9. The van der Waals surface area contributed by atoms with Crippen molar-refractivity contribution in [1.29, 1.82) is 0 Å². The molecule has 0 radical (unpaired) electrons. The highest BCUT2D eigenvalue weighted by Crippen LogP contribution is 2.23. The summed E-state index contributed by atoms with van der Waals surface area (Å²) in [6, 6.07) is 4.54. The number of carbonyl (C=O) groups excluding carboxylic acids is 3. The van der Waals surface area contributed by atoms with Gasteiger partial charge in [-0.2, -0.15) is 0 Å². The van der Waals surface area contributed by atoms with Crippen LogP contribution in [0.15, 0.2) is 24.3 Å². The molecule has 1 aliphatic rings. The third-order valence-corrected chi connectivity index (χ3v) is 3.82. The molecule has 1 atom stereocenters. The van der Waals surface area contributed by atoms with Crippen LogP contribution in [0.25, 0.3) is 0 Å². The highest BCUT2D eigenvalue weighted by molar-refractivity contribution is 6.05. The average Bonchev–Trinajstić information content (AvgIpc) is 2.42. The summed E-state index contributed by atoms with van der Waals surface area (Å²) in [5.74, 6) is -1.55. The fourth-order valence-corrected chi connectivity index (χ4v) is 2.42. The van der Waals surface area contributed by atoms with Crippen LogP contribution in [-0.2, 0) is 9.59 Å². The molecule has 1 N–H and O–H groups in total. The maximum atomic E-state index is 12.9. The van der Waals surface area contributed by atoms with E-state index in [0.717, 1.165) is 0 Å². The smallest absolute Gasteiger partial charge is 0.246 e. The topological polar surface area (TPSA) is 66.5 Å². The molecule has 21 heavy (non-hydrogen) atoms. The summed E-state index contributed by atoms with van der Waals surface area (Å²) in [7, 11) is 0. The van der Waals surface area contributed by atoms with Crippen molar-refractivity contribution in [2.75, 3.05) is 6.54 Å². The van der Waals surface area contributed by atoms with Crippen LogP contribution in [0.1, 0.15) is 31.1 Å². The number of nitrogens with one attached hydrogen (secondary N) is 1. The molecule has 2 amide bonds. The Hall–Kier alpha value is -2.08. The van der Waals surface area contributed by atoms with E-state index in [1.165, 1.54) is 24.3 Å². The summed E-state index contributed by atoms with van der Waals surface area (Å²) in [6.07, 6.45) is 0. The van der Waals surface area contributed by atoms with Gasteiger partial charge < -0.3 is 0 Å². The van der Waals surface area contributed by atoms with Gasteiger partial charge in [-0.3, -0.25) is 24.6 Å². The number of carbonyl (C=O) groups is 3. The number of benzene rings is 1. The van der Waals surface area contributed by atoms with Crippen molar-refractivity contribution in [3.8, 4) is 0 Å². The predicted molar refractivity (Wildman–Crippen MR) is 74.1 cm³/mol. The molecule has 1 aromatic rings. The lowest BCUT2D eigenvalue weighted by atomic mass is 9.93. The third-order valence-electron chi connectivity index (χ3n) is 3.82. The lowest BCUT2D eigenvalue weighted by Gasteiger charge is -2.43. The Morgan fingerprint density at radius 1 is 1.29 bits per heavy atom. The highest BCUT2D eigenvalue weighted by atomic mass is 19.1. The molecule has 1 aliphatic heterocycles. The van der Waals surface area contributed by atoms with Gasteiger partial charge in [0.2, 0.25) is 11.8 Å². The second kappa shape index (κ2) is 5.37. The monoisotopic (exact) mass is 292 g/mol.